The van der Waals surface area contributed by atoms with Crippen molar-refractivity contribution < 1.29 is 33.8 Å². The summed E-state index contributed by atoms with van der Waals surface area (Å²) >= 11 is 0. The Morgan fingerprint density at radius 1 is 0.976 bits per heavy atom. The number of para-hydroxylation sites is 1. The second-order valence-corrected chi connectivity index (χ2v) is 9.35. The van der Waals surface area contributed by atoms with Crippen molar-refractivity contribution in [1.29, 1.82) is 0 Å². The van der Waals surface area contributed by atoms with Crippen LogP contribution in [0.4, 0.5) is 11.4 Å². The van der Waals surface area contributed by atoms with Crippen LogP contribution >= 0.6 is 0 Å². The molecule has 0 spiro atoms. The van der Waals surface area contributed by atoms with Gasteiger partial charge in [0.2, 0.25) is 0 Å². The number of nitrogens with one attached hydrogen (secondary N) is 2. The Kier molecular flexibility index (Phi) is 9.77. The fraction of sp³-hybridized carbons (Fsp3) is 0.300. The monoisotopic (exact) mass is 560 g/mol. The second kappa shape index (κ2) is 13.6. The van der Waals surface area contributed by atoms with E-state index >= 15 is 0 Å². The molecule has 1 aliphatic heterocycles. The maximum atomic E-state index is 13.5. The number of hydrogen-bond acceptors (Lipinski definition) is 7. The number of carboxylic acids is 1. The lowest BCUT2D eigenvalue weighted by molar-refractivity contribution is -0.144. The number of carboxylic acid groups (broad SMARTS) is 1. The van der Waals surface area contributed by atoms with Crippen LogP contribution in [0.25, 0.3) is 0 Å². The Morgan fingerprint density at radius 2 is 1.66 bits per heavy atom. The summed E-state index contributed by atoms with van der Waals surface area (Å²) in [6.45, 7) is 3.89. The Bertz CT molecular complexity index is 1380. The number of carbonyl (C=O) groups is 4. The minimum atomic E-state index is -1.31. The molecule has 0 bridgehead atoms. The number of amides is 3. The zero-order valence-electron chi connectivity index (χ0n) is 22.8. The molecule has 214 valence electrons. The highest BCUT2D eigenvalue weighted by Gasteiger charge is 2.43. The molecule has 2 aromatic carbocycles. The number of likely N-dealkylation sites (N-methyl/N-ethyl adjacent to an activating group) is 1. The van der Waals surface area contributed by atoms with Crippen molar-refractivity contribution in [2.45, 2.75) is 44.9 Å². The van der Waals surface area contributed by atoms with E-state index in [0.29, 0.717) is 29.8 Å². The van der Waals surface area contributed by atoms with Crippen LogP contribution in [0, 0.1) is 0 Å². The van der Waals surface area contributed by atoms with Crippen LogP contribution in [0.2, 0.25) is 0 Å². The molecule has 1 saturated heterocycles. The normalized spacial score (nSPS) is 16.9. The van der Waals surface area contributed by atoms with Gasteiger partial charge >= 0.3 is 5.97 Å². The number of aliphatic carboxylic acids is 1. The highest BCUT2D eigenvalue weighted by Crippen LogP contribution is 2.25. The van der Waals surface area contributed by atoms with E-state index in [2.05, 4.69) is 15.6 Å². The molecule has 11 nitrogen and oxygen atoms in total. The predicted molar refractivity (Wildman–Crippen MR) is 150 cm³/mol. The van der Waals surface area contributed by atoms with Gasteiger partial charge in [-0.2, -0.15) is 0 Å². The molecule has 4 rings (SSSR count). The number of nitrogens with zero attached hydrogens (tertiary/aromatic N) is 2. The van der Waals surface area contributed by atoms with Crippen molar-refractivity contribution in [2.24, 2.45) is 0 Å². The van der Waals surface area contributed by atoms with Crippen molar-refractivity contribution in [3.63, 3.8) is 0 Å². The predicted octanol–water partition coefficient (Wildman–Crippen LogP) is 2.80. The molecule has 3 aromatic rings. The summed E-state index contributed by atoms with van der Waals surface area (Å²) in [6.07, 6.45) is 1.19. The van der Waals surface area contributed by atoms with E-state index in [1.165, 1.54) is 12.4 Å². The molecule has 11 heteroatoms. The van der Waals surface area contributed by atoms with Crippen LogP contribution in [0.3, 0.4) is 0 Å². The SMILES string of the molecule is CCc1ccccc1N(CC)C(=O)[C@@H]1OCO[C@H]1C(=O)NC(Cc1ccc(NC(=O)c2ccncc2)cc1)C(=O)O. The first-order chi connectivity index (χ1) is 19.8. The summed E-state index contributed by atoms with van der Waals surface area (Å²) < 4.78 is 10.9. The van der Waals surface area contributed by atoms with Crippen molar-refractivity contribution in [3.05, 3.63) is 89.7 Å². The highest BCUT2D eigenvalue weighted by molar-refractivity contribution is 6.04. The van der Waals surface area contributed by atoms with E-state index in [1.807, 2.05) is 38.1 Å². The fourth-order valence-corrected chi connectivity index (χ4v) is 4.57. The highest BCUT2D eigenvalue weighted by atomic mass is 16.7. The Balaban J connectivity index is 1.41. The van der Waals surface area contributed by atoms with Gasteiger partial charge in [0, 0.05) is 42.3 Å². The number of benzene rings is 2. The van der Waals surface area contributed by atoms with Crippen molar-refractivity contribution in [3.8, 4) is 0 Å². The number of rotatable bonds is 11. The van der Waals surface area contributed by atoms with Crippen molar-refractivity contribution in [2.75, 3.05) is 23.6 Å². The van der Waals surface area contributed by atoms with Gasteiger partial charge in [0.25, 0.3) is 17.7 Å². The molecule has 3 amide bonds. The number of hydrogen-bond donors (Lipinski definition) is 3. The quantitative estimate of drug-likeness (QED) is 0.324. The molecule has 0 aliphatic carbocycles. The molecule has 1 fully saturated rings. The number of pyridine rings is 1. The largest absolute Gasteiger partial charge is 0.480 e. The minimum Gasteiger partial charge on any atom is -0.480 e. The topological polar surface area (TPSA) is 147 Å². The third kappa shape index (κ3) is 7.13. The molecule has 1 aromatic heterocycles. The number of aromatic nitrogens is 1. The van der Waals surface area contributed by atoms with Crippen LogP contribution in [0.1, 0.15) is 35.3 Å². The first-order valence-corrected chi connectivity index (χ1v) is 13.3. The third-order valence-corrected chi connectivity index (χ3v) is 6.73. The molecule has 41 heavy (non-hydrogen) atoms. The zero-order chi connectivity index (χ0) is 29.4. The Morgan fingerprint density at radius 3 is 2.32 bits per heavy atom. The van der Waals surface area contributed by atoms with E-state index in [9.17, 15) is 24.3 Å². The second-order valence-electron chi connectivity index (χ2n) is 9.35. The lowest BCUT2D eigenvalue weighted by Crippen LogP contribution is -2.53. The number of aryl methyl sites for hydroxylation is 1. The molecular formula is C30H32N4O7. The first-order valence-electron chi connectivity index (χ1n) is 13.3. The van der Waals surface area contributed by atoms with E-state index in [1.54, 1.807) is 41.3 Å². The van der Waals surface area contributed by atoms with Gasteiger partial charge < -0.3 is 30.1 Å². The molecule has 3 N–H and O–H groups in total. The molecule has 1 unspecified atom stereocenters. The number of ether oxygens (including phenoxy) is 2. The Hall–Kier alpha value is -4.61. The lowest BCUT2D eigenvalue weighted by atomic mass is 10.0. The molecule has 3 atom stereocenters. The van der Waals surface area contributed by atoms with Gasteiger partial charge in [-0.25, -0.2) is 4.79 Å². The van der Waals surface area contributed by atoms with Gasteiger partial charge in [-0.15, -0.1) is 0 Å². The number of anilines is 2. The summed E-state index contributed by atoms with van der Waals surface area (Å²) in [5, 5.41) is 15.1. The van der Waals surface area contributed by atoms with Crippen molar-refractivity contribution in [1.82, 2.24) is 10.3 Å². The summed E-state index contributed by atoms with van der Waals surface area (Å²) in [5.41, 5.74) is 3.28. The van der Waals surface area contributed by atoms with E-state index in [0.717, 1.165) is 11.3 Å². The van der Waals surface area contributed by atoms with Crippen LogP contribution < -0.4 is 15.5 Å². The lowest BCUT2D eigenvalue weighted by Gasteiger charge is -2.27. The fourth-order valence-electron chi connectivity index (χ4n) is 4.57. The third-order valence-electron chi connectivity index (χ3n) is 6.73. The molecule has 1 aliphatic rings. The molecule has 0 saturated carbocycles. The van der Waals surface area contributed by atoms with Crippen LogP contribution in [0.5, 0.6) is 0 Å². The molecule has 2 heterocycles. The van der Waals surface area contributed by atoms with Crippen LogP contribution in [0.15, 0.2) is 73.1 Å². The van der Waals surface area contributed by atoms with E-state index in [4.69, 9.17) is 9.47 Å². The van der Waals surface area contributed by atoms with E-state index in [-0.39, 0.29) is 19.1 Å². The van der Waals surface area contributed by atoms with Gasteiger partial charge in [0.05, 0.1) is 0 Å². The van der Waals surface area contributed by atoms with Crippen LogP contribution in [-0.4, -0.2) is 65.4 Å². The maximum absolute atomic E-state index is 13.5. The maximum Gasteiger partial charge on any atom is 0.326 e. The number of carbonyl (C=O) groups excluding carboxylic acids is 3. The van der Waals surface area contributed by atoms with E-state index < -0.39 is 36.0 Å². The van der Waals surface area contributed by atoms with Crippen LogP contribution in [-0.2, 0) is 36.7 Å². The van der Waals surface area contributed by atoms with Crippen molar-refractivity contribution >= 4 is 35.1 Å². The summed E-state index contributed by atoms with van der Waals surface area (Å²) in [7, 11) is 0. The summed E-state index contributed by atoms with van der Waals surface area (Å²) in [5.74, 6) is -2.75. The molecule has 0 radical (unpaired) electrons. The zero-order valence-corrected chi connectivity index (χ0v) is 22.8. The van der Waals surface area contributed by atoms with Gasteiger partial charge in [0.15, 0.2) is 12.2 Å². The van der Waals surface area contributed by atoms with Gasteiger partial charge in [-0.1, -0.05) is 37.3 Å². The summed E-state index contributed by atoms with van der Waals surface area (Å²) in [6, 6.07) is 16.0. The smallest absolute Gasteiger partial charge is 0.326 e. The molecular weight excluding hydrogens is 528 g/mol. The average Bonchev–Trinajstić information content (AvgIpc) is 3.49. The van der Waals surface area contributed by atoms with Gasteiger partial charge in [-0.05, 0) is 54.8 Å². The average molecular weight is 561 g/mol. The van der Waals surface area contributed by atoms with Gasteiger partial charge in [0.1, 0.15) is 12.8 Å². The first kappa shape index (κ1) is 29.4. The standard InChI is InChI=1S/C30H32N4O7/c1-3-20-7-5-6-8-24(20)34(4-2)29(37)26-25(40-18-41-26)28(36)33-23(30(38)39)17-19-9-11-22(12-10-19)32-27(35)21-13-15-31-16-14-21/h5-16,23,25-26H,3-4,17-18H2,1-2H3,(H,32,35)(H,33,36)(H,38,39)/t23?,25-,26-/m1/s1. The van der Waals surface area contributed by atoms with Gasteiger partial charge in [-0.3, -0.25) is 19.4 Å². The summed E-state index contributed by atoms with van der Waals surface area (Å²) in [4.78, 5) is 56.4. The Labute approximate surface area is 237 Å². The minimum absolute atomic E-state index is 0.0309.